The highest BCUT2D eigenvalue weighted by Crippen LogP contribution is 2.26. The fourth-order valence-electron chi connectivity index (χ4n) is 2.35. The van der Waals surface area contributed by atoms with Gasteiger partial charge in [-0.1, -0.05) is 47.5 Å². The van der Waals surface area contributed by atoms with E-state index in [1.54, 1.807) is 18.3 Å². The molecule has 0 fully saturated rings. The second-order valence-electron chi connectivity index (χ2n) is 5.89. The summed E-state index contributed by atoms with van der Waals surface area (Å²) in [6.07, 6.45) is 2.20. The number of halogens is 1. The lowest BCUT2D eigenvalue weighted by Gasteiger charge is -2.06. The fraction of sp³-hybridized carbons (Fsp3) is 0.200. The third-order valence-electron chi connectivity index (χ3n) is 3.74. The number of oxazole rings is 1. The summed E-state index contributed by atoms with van der Waals surface area (Å²) in [7, 11) is 0. The molecule has 5 heteroatoms. The van der Waals surface area contributed by atoms with Gasteiger partial charge in [-0.25, -0.2) is 4.98 Å². The van der Waals surface area contributed by atoms with Crippen LogP contribution in [0.5, 0.6) is 5.75 Å². The minimum atomic E-state index is -0.373. The first-order chi connectivity index (χ1) is 12.0. The van der Waals surface area contributed by atoms with Crippen LogP contribution in [0.2, 0.25) is 5.02 Å². The molecule has 0 saturated heterocycles. The predicted molar refractivity (Wildman–Crippen MR) is 96.8 cm³/mol. The number of carbonyl (C=O) groups is 1. The zero-order chi connectivity index (χ0) is 17.8. The lowest BCUT2D eigenvalue weighted by atomic mass is 10.1. The average molecular weight is 356 g/mol. The third kappa shape index (κ3) is 4.48. The molecule has 0 aliphatic heterocycles. The summed E-state index contributed by atoms with van der Waals surface area (Å²) in [6.45, 7) is 3.94. The Kier molecular flexibility index (Phi) is 5.19. The highest BCUT2D eigenvalue weighted by Gasteiger charge is 2.12. The van der Waals surface area contributed by atoms with Crippen molar-refractivity contribution in [1.29, 1.82) is 0 Å². The van der Waals surface area contributed by atoms with Gasteiger partial charge in [0.2, 0.25) is 0 Å². The third-order valence-corrected chi connectivity index (χ3v) is 4.06. The normalized spacial score (nSPS) is 10.7. The van der Waals surface area contributed by atoms with Gasteiger partial charge in [-0.15, -0.1) is 0 Å². The predicted octanol–water partition coefficient (Wildman–Crippen LogP) is 5.15. The zero-order valence-corrected chi connectivity index (χ0v) is 14.8. The molecule has 0 aliphatic rings. The van der Waals surface area contributed by atoms with Gasteiger partial charge < -0.3 is 9.15 Å². The van der Waals surface area contributed by atoms with Crippen LogP contribution in [0, 0.1) is 13.8 Å². The number of carbonyl (C=O) groups excluding carboxylic acids is 1. The van der Waals surface area contributed by atoms with E-state index in [0.29, 0.717) is 28.8 Å². The molecular formula is C20H18ClNO3. The van der Waals surface area contributed by atoms with Gasteiger partial charge in [0.15, 0.2) is 11.7 Å². The summed E-state index contributed by atoms with van der Waals surface area (Å²) in [5.41, 5.74) is 3.11. The summed E-state index contributed by atoms with van der Waals surface area (Å²) >= 11 is 6.03. The topological polar surface area (TPSA) is 52.3 Å². The molecule has 0 amide bonds. The fourth-order valence-corrected chi connectivity index (χ4v) is 2.50. The highest BCUT2D eigenvalue weighted by molar-refractivity contribution is 6.32. The Morgan fingerprint density at radius 2 is 1.84 bits per heavy atom. The zero-order valence-electron chi connectivity index (χ0n) is 14.1. The molecule has 128 valence electrons. The number of aromatic nitrogens is 1. The molecule has 0 unspecified atom stereocenters. The first-order valence-corrected chi connectivity index (χ1v) is 8.37. The van der Waals surface area contributed by atoms with Gasteiger partial charge in [-0.3, -0.25) is 4.79 Å². The van der Waals surface area contributed by atoms with E-state index in [1.165, 1.54) is 5.56 Å². The number of nitrogens with zero attached hydrogens (tertiary/aromatic N) is 1. The molecule has 1 aromatic heterocycles. The Hall–Kier alpha value is -2.59. The van der Waals surface area contributed by atoms with Crippen LogP contribution in [0.3, 0.4) is 0 Å². The molecule has 0 saturated carbocycles. The lowest BCUT2D eigenvalue weighted by Crippen LogP contribution is -2.09. The van der Waals surface area contributed by atoms with E-state index in [2.05, 4.69) is 4.98 Å². The van der Waals surface area contributed by atoms with Crippen LogP contribution < -0.4 is 4.74 Å². The van der Waals surface area contributed by atoms with E-state index in [0.717, 1.165) is 11.1 Å². The Labute approximate surface area is 151 Å². The van der Waals surface area contributed by atoms with Gasteiger partial charge in [-0.2, -0.15) is 0 Å². The maximum Gasteiger partial charge on any atom is 0.311 e. The second-order valence-corrected chi connectivity index (χ2v) is 6.30. The van der Waals surface area contributed by atoms with Crippen LogP contribution in [0.15, 0.2) is 53.1 Å². The Bertz CT molecular complexity index is 884. The first-order valence-electron chi connectivity index (χ1n) is 8.00. The van der Waals surface area contributed by atoms with Crippen molar-refractivity contribution in [3.63, 3.8) is 0 Å². The molecular weight excluding hydrogens is 338 g/mol. The van der Waals surface area contributed by atoms with E-state index in [1.807, 2.05) is 44.2 Å². The average Bonchev–Trinajstić information content (AvgIpc) is 3.06. The number of esters is 1. The number of benzene rings is 2. The lowest BCUT2D eigenvalue weighted by molar-refractivity contribution is -0.134. The molecule has 0 aliphatic carbocycles. The minimum absolute atomic E-state index is 0.165. The van der Waals surface area contributed by atoms with Crippen LogP contribution in [0.1, 0.15) is 23.4 Å². The van der Waals surface area contributed by atoms with E-state index in [-0.39, 0.29) is 12.4 Å². The van der Waals surface area contributed by atoms with Gasteiger partial charge in [0, 0.05) is 12.0 Å². The monoisotopic (exact) mass is 355 g/mol. The molecule has 3 aromatic rings. The van der Waals surface area contributed by atoms with E-state index < -0.39 is 0 Å². The largest absolute Gasteiger partial charge is 0.441 e. The summed E-state index contributed by atoms with van der Waals surface area (Å²) in [5.74, 6) is 1.19. The number of hydrogen-bond acceptors (Lipinski definition) is 4. The van der Waals surface area contributed by atoms with Crippen molar-refractivity contribution in [2.24, 2.45) is 0 Å². The SMILES string of the molecule is Cc1ccc(-c2cnc(CCC(=O)Oc3cc(C)ccc3Cl)o2)cc1. The summed E-state index contributed by atoms with van der Waals surface area (Å²) in [5, 5.41) is 0.414. The van der Waals surface area contributed by atoms with Gasteiger partial charge in [0.05, 0.1) is 17.6 Å². The highest BCUT2D eigenvalue weighted by atomic mass is 35.5. The van der Waals surface area contributed by atoms with Crippen molar-refractivity contribution >= 4 is 17.6 Å². The van der Waals surface area contributed by atoms with Crippen molar-refractivity contribution in [1.82, 2.24) is 4.98 Å². The maximum atomic E-state index is 12.0. The van der Waals surface area contributed by atoms with Gasteiger partial charge in [0.1, 0.15) is 5.75 Å². The molecule has 0 atom stereocenters. The van der Waals surface area contributed by atoms with Gasteiger partial charge in [-0.05, 0) is 31.5 Å². The number of aryl methyl sites for hydroxylation is 3. The molecule has 0 bridgehead atoms. The molecule has 1 heterocycles. The molecule has 3 rings (SSSR count). The standard InChI is InChI=1S/C20H18ClNO3/c1-13-3-6-15(7-4-13)18-12-22-19(24-18)9-10-20(23)25-17-11-14(2)5-8-16(17)21/h3-8,11-12H,9-10H2,1-2H3. The van der Waals surface area contributed by atoms with Crippen molar-refractivity contribution < 1.29 is 13.9 Å². The first kappa shape index (κ1) is 17.2. The van der Waals surface area contributed by atoms with Crippen molar-refractivity contribution in [3.05, 3.63) is 70.7 Å². The molecule has 4 nitrogen and oxygen atoms in total. The van der Waals surface area contributed by atoms with E-state index in [9.17, 15) is 4.79 Å². The number of rotatable bonds is 5. The summed E-state index contributed by atoms with van der Waals surface area (Å²) < 4.78 is 11.0. The Morgan fingerprint density at radius 3 is 2.60 bits per heavy atom. The minimum Gasteiger partial charge on any atom is -0.441 e. The van der Waals surface area contributed by atoms with Gasteiger partial charge in [0.25, 0.3) is 0 Å². The van der Waals surface area contributed by atoms with Crippen LogP contribution >= 0.6 is 11.6 Å². The van der Waals surface area contributed by atoms with E-state index >= 15 is 0 Å². The Balaban J connectivity index is 1.59. The second kappa shape index (κ2) is 7.53. The molecule has 0 N–H and O–H groups in total. The molecule has 0 radical (unpaired) electrons. The quantitative estimate of drug-likeness (QED) is 0.469. The van der Waals surface area contributed by atoms with Crippen LogP contribution in [0.25, 0.3) is 11.3 Å². The van der Waals surface area contributed by atoms with Crippen molar-refractivity contribution in [2.75, 3.05) is 0 Å². The summed E-state index contributed by atoms with van der Waals surface area (Å²) in [4.78, 5) is 16.2. The van der Waals surface area contributed by atoms with Crippen molar-refractivity contribution in [2.45, 2.75) is 26.7 Å². The number of hydrogen-bond donors (Lipinski definition) is 0. The molecule has 25 heavy (non-hydrogen) atoms. The maximum absolute atomic E-state index is 12.0. The van der Waals surface area contributed by atoms with Crippen molar-refractivity contribution in [3.8, 4) is 17.1 Å². The van der Waals surface area contributed by atoms with E-state index in [4.69, 9.17) is 20.8 Å². The number of ether oxygens (including phenoxy) is 1. The van der Waals surface area contributed by atoms with Crippen LogP contribution in [-0.2, 0) is 11.2 Å². The van der Waals surface area contributed by atoms with Crippen LogP contribution in [-0.4, -0.2) is 11.0 Å². The smallest absolute Gasteiger partial charge is 0.311 e. The van der Waals surface area contributed by atoms with Gasteiger partial charge >= 0.3 is 5.97 Å². The Morgan fingerprint density at radius 1 is 1.12 bits per heavy atom. The summed E-state index contributed by atoms with van der Waals surface area (Å²) in [6, 6.07) is 13.3. The molecule has 0 spiro atoms. The molecule has 2 aromatic carbocycles. The van der Waals surface area contributed by atoms with Crippen LogP contribution in [0.4, 0.5) is 0 Å².